The number of anilines is 3. The van der Waals surface area contributed by atoms with Crippen molar-refractivity contribution in [1.29, 1.82) is 0 Å². The van der Waals surface area contributed by atoms with Gasteiger partial charge in [-0.25, -0.2) is 19.9 Å². The maximum absolute atomic E-state index is 12.1. The minimum absolute atomic E-state index is 0.123. The number of nitrogens with zero attached hydrogens (tertiary/aromatic N) is 4. The van der Waals surface area contributed by atoms with Crippen LogP contribution in [0.1, 0.15) is 11.4 Å². The normalized spacial score (nSPS) is 10.3. The van der Waals surface area contributed by atoms with E-state index >= 15 is 0 Å². The molecule has 0 aliphatic carbocycles. The van der Waals surface area contributed by atoms with Gasteiger partial charge in [0, 0.05) is 30.2 Å². The predicted molar refractivity (Wildman–Crippen MR) is 99.6 cm³/mol. The van der Waals surface area contributed by atoms with Crippen molar-refractivity contribution in [2.75, 3.05) is 17.7 Å². The molecule has 3 rings (SSSR count). The first-order valence-electron chi connectivity index (χ1n) is 7.55. The minimum atomic E-state index is -0.223. The van der Waals surface area contributed by atoms with Gasteiger partial charge in [0.1, 0.15) is 0 Å². The Morgan fingerprint density at radius 2 is 1.58 bits per heavy atom. The fraction of sp³-hybridized carbons (Fsp3) is 0.200. The molecule has 0 fully saturated rings. The van der Waals surface area contributed by atoms with Crippen LogP contribution >= 0.6 is 22.7 Å². The summed E-state index contributed by atoms with van der Waals surface area (Å²) in [5, 5.41) is 12.8. The number of amides is 2. The number of nitrogens with one attached hydrogen (secondary N) is 3. The molecule has 0 aromatic carbocycles. The van der Waals surface area contributed by atoms with Gasteiger partial charge in [0.2, 0.25) is 17.8 Å². The van der Waals surface area contributed by atoms with Gasteiger partial charge in [0.05, 0.1) is 24.2 Å². The Kier molecular flexibility index (Phi) is 5.81. The summed E-state index contributed by atoms with van der Waals surface area (Å²) in [5.41, 5.74) is 1.25. The molecule has 3 aromatic heterocycles. The Hall–Kier alpha value is -2.92. The van der Waals surface area contributed by atoms with E-state index in [2.05, 4.69) is 35.9 Å². The maximum atomic E-state index is 12.1. The lowest BCUT2D eigenvalue weighted by molar-refractivity contribution is -0.120. The number of carbonyl (C=O) groups excluding carboxylic acids is 2. The Morgan fingerprint density at radius 3 is 2.27 bits per heavy atom. The largest absolute Gasteiger partial charge is 0.359 e. The first-order chi connectivity index (χ1) is 12.6. The molecule has 0 saturated heterocycles. The summed E-state index contributed by atoms with van der Waals surface area (Å²) in [7, 11) is 1.57. The number of rotatable bonds is 7. The van der Waals surface area contributed by atoms with Gasteiger partial charge >= 0.3 is 0 Å². The van der Waals surface area contributed by atoms with Gasteiger partial charge in [-0.2, -0.15) is 0 Å². The van der Waals surface area contributed by atoms with E-state index in [0.717, 1.165) is 0 Å². The molecule has 0 atom stereocenters. The minimum Gasteiger partial charge on any atom is -0.359 e. The smallest absolute Gasteiger partial charge is 0.232 e. The molecular formula is C15H15N7O2S2. The zero-order chi connectivity index (χ0) is 18.4. The Balaban J connectivity index is 1.53. The van der Waals surface area contributed by atoms with Crippen molar-refractivity contribution >= 4 is 50.7 Å². The third kappa shape index (κ3) is 5.04. The monoisotopic (exact) mass is 389 g/mol. The van der Waals surface area contributed by atoms with Gasteiger partial charge in [-0.1, -0.05) is 0 Å². The van der Waals surface area contributed by atoms with Crippen LogP contribution in [-0.4, -0.2) is 38.8 Å². The Bertz CT molecular complexity index is 894. The lowest BCUT2D eigenvalue weighted by Crippen LogP contribution is -2.20. The molecule has 0 bridgehead atoms. The second-order valence-corrected chi connectivity index (χ2v) is 6.78. The first kappa shape index (κ1) is 17.9. The summed E-state index contributed by atoms with van der Waals surface area (Å²) in [6.45, 7) is 0. The molecule has 0 aliphatic rings. The maximum Gasteiger partial charge on any atom is 0.232 e. The average Bonchev–Trinajstić information content (AvgIpc) is 3.25. The van der Waals surface area contributed by atoms with Crippen molar-refractivity contribution in [1.82, 2.24) is 25.3 Å². The Morgan fingerprint density at radius 1 is 0.962 bits per heavy atom. The van der Waals surface area contributed by atoms with Crippen LogP contribution in [0.15, 0.2) is 29.2 Å². The van der Waals surface area contributed by atoms with Crippen molar-refractivity contribution < 1.29 is 9.59 Å². The summed E-state index contributed by atoms with van der Waals surface area (Å²) in [5.74, 6) is 0.0982. The molecule has 0 saturated carbocycles. The molecule has 3 aromatic rings. The van der Waals surface area contributed by atoms with Gasteiger partial charge in [-0.15, -0.1) is 22.7 Å². The third-order valence-corrected chi connectivity index (χ3v) is 4.71. The van der Waals surface area contributed by atoms with E-state index in [1.54, 1.807) is 36.3 Å². The van der Waals surface area contributed by atoms with Crippen molar-refractivity contribution in [3.8, 4) is 0 Å². The van der Waals surface area contributed by atoms with Crippen LogP contribution in [0.25, 0.3) is 0 Å². The zero-order valence-electron chi connectivity index (χ0n) is 13.7. The number of thiazole rings is 2. The molecule has 0 radical (unpaired) electrons. The van der Waals surface area contributed by atoms with Gasteiger partial charge in [-0.05, 0) is 6.07 Å². The van der Waals surface area contributed by atoms with Gasteiger partial charge in [0.15, 0.2) is 10.3 Å². The van der Waals surface area contributed by atoms with Crippen molar-refractivity contribution in [3.05, 3.63) is 40.6 Å². The fourth-order valence-corrected chi connectivity index (χ4v) is 3.36. The van der Waals surface area contributed by atoms with Crippen molar-refractivity contribution in [2.24, 2.45) is 0 Å². The van der Waals surface area contributed by atoms with Crippen LogP contribution in [0, 0.1) is 0 Å². The molecule has 0 spiro atoms. The lowest BCUT2D eigenvalue weighted by atomic mass is 10.3. The molecular weight excluding hydrogens is 374 g/mol. The van der Waals surface area contributed by atoms with Crippen LogP contribution in [0.5, 0.6) is 0 Å². The molecule has 2 amide bonds. The van der Waals surface area contributed by atoms with Crippen LogP contribution in [0.4, 0.5) is 16.2 Å². The molecule has 134 valence electrons. The van der Waals surface area contributed by atoms with Crippen molar-refractivity contribution in [3.63, 3.8) is 0 Å². The summed E-state index contributed by atoms with van der Waals surface area (Å²) >= 11 is 2.64. The second-order valence-electron chi connectivity index (χ2n) is 5.06. The summed E-state index contributed by atoms with van der Waals surface area (Å²) in [4.78, 5) is 40.1. The quantitative estimate of drug-likeness (QED) is 0.561. The highest BCUT2D eigenvalue weighted by Gasteiger charge is 2.12. The summed E-state index contributed by atoms with van der Waals surface area (Å²) in [6.07, 6.45) is 3.57. The second kappa shape index (κ2) is 8.45. The van der Waals surface area contributed by atoms with E-state index in [-0.39, 0.29) is 24.7 Å². The van der Waals surface area contributed by atoms with Gasteiger partial charge in [-0.3, -0.25) is 9.59 Å². The highest BCUT2D eigenvalue weighted by Crippen LogP contribution is 2.20. The van der Waals surface area contributed by atoms with Crippen LogP contribution in [-0.2, 0) is 22.4 Å². The standard InChI is InChI=1S/C15H15N7O2S2/c1-16-11(23)5-9-7-25-14(19-9)21-12(24)6-10-8-26-15(20-10)22-13-17-3-2-4-18-13/h2-4,7-8H,5-6H2,1H3,(H,16,23)(H,19,21,24)(H,17,18,20,22). The predicted octanol–water partition coefficient (Wildman–Crippen LogP) is 1.60. The van der Waals surface area contributed by atoms with Crippen molar-refractivity contribution in [2.45, 2.75) is 12.8 Å². The van der Waals surface area contributed by atoms with Gasteiger partial charge < -0.3 is 16.0 Å². The lowest BCUT2D eigenvalue weighted by Gasteiger charge is -2.00. The molecule has 9 nitrogen and oxygen atoms in total. The molecule has 3 N–H and O–H groups in total. The SMILES string of the molecule is CNC(=O)Cc1csc(NC(=O)Cc2csc(Nc3ncccn3)n2)n1. The first-order valence-corrected chi connectivity index (χ1v) is 9.31. The van der Waals surface area contributed by atoms with E-state index in [9.17, 15) is 9.59 Å². The number of carbonyl (C=O) groups is 2. The van der Waals surface area contributed by atoms with E-state index < -0.39 is 0 Å². The molecule has 3 heterocycles. The zero-order valence-corrected chi connectivity index (χ0v) is 15.4. The van der Waals surface area contributed by atoms with Gasteiger partial charge in [0.25, 0.3) is 0 Å². The Labute approximate surface area is 157 Å². The number of aromatic nitrogens is 4. The van der Waals surface area contributed by atoms with Crippen LogP contribution in [0.2, 0.25) is 0 Å². The van der Waals surface area contributed by atoms with Crippen LogP contribution in [0.3, 0.4) is 0 Å². The van der Waals surface area contributed by atoms with E-state index in [1.165, 1.54) is 22.7 Å². The fourth-order valence-electron chi connectivity index (χ4n) is 1.93. The van der Waals surface area contributed by atoms with Crippen LogP contribution < -0.4 is 16.0 Å². The molecule has 26 heavy (non-hydrogen) atoms. The summed E-state index contributed by atoms with van der Waals surface area (Å²) in [6, 6.07) is 1.72. The number of hydrogen-bond donors (Lipinski definition) is 3. The number of likely N-dealkylation sites (N-methyl/N-ethyl adjacent to an activating group) is 1. The van der Waals surface area contributed by atoms with E-state index in [0.29, 0.717) is 27.6 Å². The summed E-state index contributed by atoms with van der Waals surface area (Å²) < 4.78 is 0. The number of hydrogen-bond acceptors (Lipinski definition) is 9. The highest BCUT2D eigenvalue weighted by atomic mass is 32.1. The molecule has 11 heteroatoms. The highest BCUT2D eigenvalue weighted by molar-refractivity contribution is 7.14. The topological polar surface area (TPSA) is 122 Å². The molecule has 0 aliphatic heterocycles. The van der Waals surface area contributed by atoms with E-state index in [1.807, 2.05) is 0 Å². The average molecular weight is 389 g/mol. The van der Waals surface area contributed by atoms with E-state index in [4.69, 9.17) is 0 Å². The molecule has 0 unspecified atom stereocenters. The third-order valence-electron chi connectivity index (χ3n) is 3.10.